The lowest BCUT2D eigenvalue weighted by Crippen LogP contribution is -2.44. The highest BCUT2D eigenvalue weighted by Crippen LogP contribution is 2.16. The number of quaternary nitrogens is 1. The molecule has 2 atom stereocenters. The summed E-state index contributed by atoms with van der Waals surface area (Å²) in [5.41, 5.74) is 0. The van der Waals surface area contributed by atoms with Crippen LogP contribution in [0.15, 0.2) is 60.8 Å². The number of unbranched alkanes of at least 4 members (excludes halogenated alkanes) is 21. The van der Waals surface area contributed by atoms with E-state index >= 15 is 0 Å². The quantitative estimate of drug-likeness (QED) is 0.0195. The zero-order valence-corrected chi connectivity index (χ0v) is 41.2. The van der Waals surface area contributed by atoms with Gasteiger partial charge in [0.25, 0.3) is 0 Å². The van der Waals surface area contributed by atoms with Crippen molar-refractivity contribution in [1.29, 1.82) is 0 Å². The van der Waals surface area contributed by atoms with Gasteiger partial charge in [0.05, 0.1) is 40.3 Å². The lowest BCUT2D eigenvalue weighted by atomic mass is 10.0. The second-order valence-corrected chi connectivity index (χ2v) is 18.1. The number of allylic oxidation sites excluding steroid dienone is 10. The summed E-state index contributed by atoms with van der Waals surface area (Å²) in [4.78, 5) is 37.1. The fourth-order valence-electron chi connectivity index (χ4n) is 6.86. The van der Waals surface area contributed by atoms with Gasteiger partial charge in [-0.3, -0.25) is 9.59 Å². The van der Waals surface area contributed by atoms with E-state index in [0.717, 1.165) is 70.6 Å². The van der Waals surface area contributed by atoms with Gasteiger partial charge in [-0.1, -0.05) is 197 Å². The van der Waals surface area contributed by atoms with Crippen LogP contribution in [0.25, 0.3) is 0 Å². The van der Waals surface area contributed by atoms with E-state index in [1.165, 1.54) is 103 Å². The molecule has 2 unspecified atom stereocenters. The van der Waals surface area contributed by atoms with Crippen molar-refractivity contribution in [1.82, 2.24) is 0 Å². The Kier molecular flexibility index (Phi) is 43.4. The van der Waals surface area contributed by atoms with Crippen molar-refractivity contribution in [3.05, 3.63) is 60.8 Å². The third kappa shape index (κ3) is 46.8. The van der Waals surface area contributed by atoms with Crippen LogP contribution < -0.4 is 5.11 Å². The smallest absolute Gasteiger partial charge is 0.306 e. The summed E-state index contributed by atoms with van der Waals surface area (Å²) >= 11 is 0. The number of hydrogen-bond acceptors (Lipinski definition) is 8. The normalized spacial score (nSPS) is 13.3. The van der Waals surface area contributed by atoms with Crippen LogP contribution in [-0.4, -0.2) is 82.3 Å². The number of carbonyl (C=O) groups is 3. The molecule has 0 aliphatic heterocycles. The zero-order valence-electron chi connectivity index (χ0n) is 41.2. The lowest BCUT2D eigenvalue weighted by molar-refractivity contribution is -0.870. The molecule has 0 aliphatic rings. The minimum atomic E-state index is -1.63. The zero-order chi connectivity index (χ0) is 46.3. The molecule has 0 aromatic carbocycles. The van der Waals surface area contributed by atoms with Gasteiger partial charge < -0.3 is 33.3 Å². The van der Waals surface area contributed by atoms with E-state index in [1.807, 2.05) is 21.1 Å². The third-order valence-electron chi connectivity index (χ3n) is 10.8. The molecule has 0 rings (SSSR count). The maximum atomic E-state index is 12.8. The van der Waals surface area contributed by atoms with E-state index in [-0.39, 0.29) is 38.6 Å². The van der Waals surface area contributed by atoms with Crippen molar-refractivity contribution >= 4 is 17.9 Å². The van der Waals surface area contributed by atoms with Crippen molar-refractivity contribution in [3.8, 4) is 0 Å². The van der Waals surface area contributed by atoms with Crippen molar-refractivity contribution in [2.24, 2.45) is 0 Å². The molecule has 0 spiro atoms. The van der Waals surface area contributed by atoms with Gasteiger partial charge in [0.2, 0.25) is 0 Å². The van der Waals surface area contributed by atoms with E-state index in [9.17, 15) is 19.5 Å². The summed E-state index contributed by atoms with van der Waals surface area (Å²) in [5, 5.41) is 11.7. The van der Waals surface area contributed by atoms with Gasteiger partial charge in [0.1, 0.15) is 13.2 Å². The van der Waals surface area contributed by atoms with Crippen LogP contribution in [0.5, 0.6) is 0 Å². The van der Waals surface area contributed by atoms with Crippen LogP contribution in [0.1, 0.15) is 206 Å². The fraction of sp³-hybridized carbons (Fsp3) is 0.759. The third-order valence-corrected chi connectivity index (χ3v) is 10.8. The number of ether oxygens (including phenoxy) is 4. The number of likely N-dealkylation sites (N-methyl/N-ethyl adjacent to an activating group) is 1. The number of carbonyl (C=O) groups excluding carboxylic acids is 3. The molecule has 63 heavy (non-hydrogen) atoms. The Hall–Kier alpha value is -3.01. The van der Waals surface area contributed by atoms with Crippen LogP contribution in [0.3, 0.4) is 0 Å². The molecule has 0 saturated carbocycles. The Morgan fingerprint density at radius 2 is 0.905 bits per heavy atom. The first-order chi connectivity index (χ1) is 30.6. The van der Waals surface area contributed by atoms with Crippen LogP contribution in [0.4, 0.5) is 0 Å². The van der Waals surface area contributed by atoms with Crippen molar-refractivity contribution in [2.75, 3.05) is 47.5 Å². The molecule has 0 aliphatic carbocycles. The molecule has 0 aromatic rings. The molecular formula is C54H95NO8. The average molecular weight is 886 g/mol. The fourth-order valence-corrected chi connectivity index (χ4v) is 6.86. The molecule has 0 radical (unpaired) electrons. The van der Waals surface area contributed by atoms with Crippen LogP contribution in [-0.2, 0) is 33.3 Å². The summed E-state index contributed by atoms with van der Waals surface area (Å²) in [6, 6.07) is 0. The van der Waals surface area contributed by atoms with Crippen molar-refractivity contribution in [2.45, 2.75) is 219 Å². The summed E-state index contributed by atoms with van der Waals surface area (Å²) in [6.07, 6.45) is 52.5. The molecule has 364 valence electrons. The monoisotopic (exact) mass is 886 g/mol. The number of carboxylic acids is 1. The molecule has 0 fully saturated rings. The van der Waals surface area contributed by atoms with E-state index in [2.05, 4.69) is 74.6 Å². The number of aliphatic carboxylic acids is 1. The van der Waals surface area contributed by atoms with Gasteiger partial charge in [-0.05, 0) is 57.8 Å². The van der Waals surface area contributed by atoms with Crippen LogP contribution in [0, 0.1) is 0 Å². The maximum Gasteiger partial charge on any atom is 0.306 e. The molecule has 0 amide bonds. The summed E-state index contributed by atoms with van der Waals surface area (Å²) in [6.45, 7) is 4.60. The summed E-state index contributed by atoms with van der Waals surface area (Å²) in [5.74, 6) is -2.33. The number of rotatable bonds is 46. The highest BCUT2D eigenvalue weighted by atomic mass is 16.7. The first kappa shape index (κ1) is 60.0. The Balaban J connectivity index is 4.40. The Labute approximate surface area is 386 Å². The second kappa shape index (κ2) is 45.6. The van der Waals surface area contributed by atoms with Gasteiger partial charge in [-0.25, -0.2) is 0 Å². The molecular weight excluding hydrogens is 791 g/mol. The largest absolute Gasteiger partial charge is 0.545 e. The SMILES string of the molecule is CC/C=C\C/C=C\C/C=C\C/C=C\C/C=C\CCCCCC(=O)OC(COC(=O)CCCCCCCCCCCCCCCCCCCCC)COC(OCC[N+](C)(C)C)C(=O)[O-]. The van der Waals surface area contributed by atoms with E-state index in [4.69, 9.17) is 18.9 Å². The van der Waals surface area contributed by atoms with Crippen molar-refractivity contribution in [3.63, 3.8) is 0 Å². The standard InChI is InChI=1S/C54H95NO8/c1-6-8-10-12-14-16-18-20-22-24-26-28-30-32-34-36-38-40-42-44-51(56)61-48-50(49-62-54(53(58)59)60-47-46-55(3,4)5)63-52(57)45-43-41-39-37-35-33-31-29-27-25-23-21-19-17-15-13-11-9-7-2/h9,11,15,17,21,23,27,29,33,35,50,54H,6-8,10,12-14,16,18-20,22,24-26,28,30-32,34,36-49H2,1-5H3/b11-9-,17-15-,23-21-,29-27-,35-33-. The second-order valence-electron chi connectivity index (χ2n) is 18.1. The van der Waals surface area contributed by atoms with Gasteiger partial charge in [0.15, 0.2) is 12.4 Å². The molecule has 0 heterocycles. The molecule has 9 nitrogen and oxygen atoms in total. The van der Waals surface area contributed by atoms with E-state index in [1.54, 1.807) is 0 Å². The minimum Gasteiger partial charge on any atom is -0.545 e. The Bertz CT molecular complexity index is 1220. The van der Waals surface area contributed by atoms with E-state index < -0.39 is 24.3 Å². The topological polar surface area (TPSA) is 111 Å². The molecule has 9 heteroatoms. The molecule has 0 bridgehead atoms. The summed E-state index contributed by atoms with van der Waals surface area (Å²) in [7, 11) is 5.90. The first-order valence-electron chi connectivity index (χ1n) is 25.4. The number of carboxylic acid groups (broad SMARTS) is 1. The average Bonchev–Trinajstić information content (AvgIpc) is 3.24. The Morgan fingerprint density at radius 3 is 1.35 bits per heavy atom. The predicted molar refractivity (Wildman–Crippen MR) is 260 cm³/mol. The van der Waals surface area contributed by atoms with Gasteiger partial charge in [0, 0.05) is 12.8 Å². The molecule has 0 N–H and O–H groups in total. The maximum absolute atomic E-state index is 12.8. The van der Waals surface area contributed by atoms with E-state index in [0.29, 0.717) is 17.4 Å². The van der Waals surface area contributed by atoms with Gasteiger partial charge in [-0.15, -0.1) is 0 Å². The van der Waals surface area contributed by atoms with Crippen LogP contribution >= 0.6 is 0 Å². The highest BCUT2D eigenvalue weighted by molar-refractivity contribution is 5.70. The van der Waals surface area contributed by atoms with Gasteiger partial charge >= 0.3 is 11.9 Å². The number of nitrogens with zero attached hydrogens (tertiary/aromatic N) is 1. The first-order valence-corrected chi connectivity index (χ1v) is 25.4. The number of esters is 2. The van der Waals surface area contributed by atoms with Crippen LogP contribution in [0.2, 0.25) is 0 Å². The van der Waals surface area contributed by atoms with Crippen molar-refractivity contribution < 1.29 is 42.9 Å². The molecule has 0 aromatic heterocycles. The predicted octanol–water partition coefficient (Wildman–Crippen LogP) is 12.8. The summed E-state index contributed by atoms with van der Waals surface area (Å²) < 4.78 is 22.6. The highest BCUT2D eigenvalue weighted by Gasteiger charge is 2.21. The van der Waals surface area contributed by atoms with Gasteiger partial charge in [-0.2, -0.15) is 0 Å². The Morgan fingerprint density at radius 1 is 0.492 bits per heavy atom. The number of hydrogen-bond donors (Lipinski definition) is 0. The molecule has 0 saturated heterocycles. The minimum absolute atomic E-state index is 0.140. The lowest BCUT2D eigenvalue weighted by Gasteiger charge is -2.26.